The first kappa shape index (κ1) is 49.6. The van der Waals surface area contributed by atoms with E-state index in [4.69, 9.17) is 25.5 Å². The SMILES string of the molecule is CC[O-].CC[O-].CC[O-].CC[O-].CC[O-].COCC[O-].[Sr+2].[Ta+5]. The van der Waals surface area contributed by atoms with Gasteiger partial charge in [-0.05, 0) is 0 Å². The van der Waals surface area contributed by atoms with Gasteiger partial charge in [0.2, 0.25) is 0 Å². The minimum atomic E-state index is -0.128. The zero-order valence-corrected chi connectivity index (χ0v) is 21.7. The summed E-state index contributed by atoms with van der Waals surface area (Å²) in [7, 11) is 1.51. The van der Waals surface area contributed by atoms with Crippen LogP contribution in [-0.2, 0) is 27.1 Å². The second kappa shape index (κ2) is 112. The summed E-state index contributed by atoms with van der Waals surface area (Å²) >= 11 is 0. The van der Waals surface area contributed by atoms with Crippen LogP contribution in [0.15, 0.2) is 0 Å². The van der Waals surface area contributed by atoms with Gasteiger partial charge < -0.3 is 35.4 Å². The van der Waals surface area contributed by atoms with Gasteiger partial charge in [0.15, 0.2) is 0 Å². The molecule has 0 rings (SSSR count). The molecule has 0 radical (unpaired) electrons. The van der Waals surface area contributed by atoms with E-state index in [1.807, 2.05) is 0 Å². The van der Waals surface area contributed by atoms with E-state index in [0.29, 0.717) is 6.61 Å². The molecule has 132 valence electrons. The van der Waals surface area contributed by atoms with E-state index in [-0.39, 0.29) is 108 Å². The van der Waals surface area contributed by atoms with E-state index in [1.165, 1.54) is 7.11 Å². The fraction of sp³-hybridized carbons (Fsp3) is 1.00. The normalized spacial score (nSPS) is 6.00. The molecular formula is C13H32O7SrTa+. The average Bonchev–Trinajstić information content (AvgIpc) is 2.35. The van der Waals surface area contributed by atoms with Crippen molar-refractivity contribution in [1.29, 1.82) is 0 Å². The number of rotatable bonds is 2. The molecule has 0 aliphatic rings. The van der Waals surface area contributed by atoms with Gasteiger partial charge in [0, 0.05) is 13.7 Å². The Kier molecular flexibility index (Phi) is 252. The molecule has 0 bridgehead atoms. The Hall–Kier alpha value is 1.94. The van der Waals surface area contributed by atoms with Gasteiger partial charge in [-0.2, -0.15) is 0 Å². The molecule has 0 saturated heterocycles. The smallest absolute Gasteiger partial charge is 0.855 e. The standard InChI is InChI=1S/C3H7O2.5C2H5O.Sr.Ta/c1-5-3-2-4;5*1-2-3;;/h2-3H2,1H3;5*2H2,1H3;;/q6*-1;+2;+5. The summed E-state index contributed by atoms with van der Waals surface area (Å²) in [6.45, 7) is 8.05. The first-order chi connectivity index (χ1) is 9.49. The molecule has 0 N–H and O–H groups in total. The monoisotopic (exact) mass is 569 g/mol. The van der Waals surface area contributed by atoms with Crippen molar-refractivity contribution in [2.45, 2.75) is 34.6 Å². The van der Waals surface area contributed by atoms with Crippen LogP contribution in [-0.4, -0.2) is 98.8 Å². The Bertz CT molecular complexity index is 64.7. The zero-order valence-electron chi connectivity index (χ0n) is 15.0. The summed E-state index contributed by atoms with van der Waals surface area (Å²) in [5, 5.41) is 54.1. The molecule has 7 nitrogen and oxygen atoms in total. The first-order valence-corrected chi connectivity index (χ1v) is 6.46. The molecule has 0 amide bonds. The summed E-state index contributed by atoms with van der Waals surface area (Å²) in [5.74, 6) is 0. The molecule has 0 fully saturated rings. The molecule has 0 aliphatic heterocycles. The van der Waals surface area contributed by atoms with E-state index in [1.54, 1.807) is 34.6 Å². The van der Waals surface area contributed by atoms with Crippen molar-refractivity contribution >= 4 is 45.5 Å². The summed E-state index contributed by atoms with van der Waals surface area (Å²) in [6, 6.07) is 0. The van der Waals surface area contributed by atoms with Crippen LogP contribution in [0, 0.1) is 0 Å². The fourth-order valence-corrected chi connectivity index (χ4v) is 0.0833. The van der Waals surface area contributed by atoms with Crippen molar-refractivity contribution in [2.24, 2.45) is 0 Å². The van der Waals surface area contributed by atoms with Crippen molar-refractivity contribution in [3.63, 3.8) is 0 Å². The number of hydrogen-bond donors (Lipinski definition) is 0. The van der Waals surface area contributed by atoms with Crippen LogP contribution in [0.4, 0.5) is 0 Å². The maximum Gasteiger partial charge on any atom is 5.00 e. The number of hydrogen-bond acceptors (Lipinski definition) is 7. The van der Waals surface area contributed by atoms with Gasteiger partial charge in [0.25, 0.3) is 0 Å². The Morgan fingerprint density at radius 2 is 0.727 bits per heavy atom. The summed E-state index contributed by atoms with van der Waals surface area (Å²) < 4.78 is 4.38. The van der Waals surface area contributed by atoms with E-state index in [9.17, 15) is 5.11 Å². The van der Waals surface area contributed by atoms with Gasteiger partial charge in [-0.3, -0.25) is 0 Å². The largest absolute Gasteiger partial charge is 5.00 e. The molecule has 0 unspecified atom stereocenters. The summed E-state index contributed by atoms with van der Waals surface area (Å²) in [4.78, 5) is 0. The quantitative estimate of drug-likeness (QED) is 0.305. The van der Waals surface area contributed by atoms with Gasteiger partial charge in [-0.1, -0.05) is 34.6 Å². The molecular weight excluding hydrogens is 537 g/mol. The van der Waals surface area contributed by atoms with Crippen molar-refractivity contribution in [2.75, 3.05) is 53.4 Å². The molecule has 0 saturated carbocycles. The Labute approximate surface area is 189 Å². The van der Waals surface area contributed by atoms with E-state index in [0.717, 1.165) is 0 Å². The fourth-order valence-electron chi connectivity index (χ4n) is 0.0833. The number of ether oxygens (including phenoxy) is 1. The molecule has 22 heavy (non-hydrogen) atoms. The second-order valence-electron chi connectivity index (χ2n) is 2.14. The third-order valence-corrected chi connectivity index (χ3v) is 0.287. The maximum absolute atomic E-state index is 9.40. The predicted molar refractivity (Wildman–Crippen MR) is 75.2 cm³/mol. The van der Waals surface area contributed by atoms with Crippen LogP contribution < -0.4 is 30.6 Å². The van der Waals surface area contributed by atoms with Crippen molar-refractivity contribution in [1.82, 2.24) is 0 Å². The van der Waals surface area contributed by atoms with Gasteiger partial charge in [-0.25, -0.2) is 0 Å². The average molecular weight is 569 g/mol. The van der Waals surface area contributed by atoms with Crippen LogP contribution in [0.3, 0.4) is 0 Å². The molecule has 0 heterocycles. The number of methoxy groups -OCH3 is 1. The van der Waals surface area contributed by atoms with Gasteiger partial charge in [-0.15, -0.1) is 39.6 Å². The van der Waals surface area contributed by atoms with E-state index < -0.39 is 0 Å². The van der Waals surface area contributed by atoms with Crippen molar-refractivity contribution in [3.05, 3.63) is 0 Å². The van der Waals surface area contributed by atoms with Crippen LogP contribution >= 0.6 is 0 Å². The van der Waals surface area contributed by atoms with Crippen LogP contribution in [0.5, 0.6) is 0 Å². The van der Waals surface area contributed by atoms with Crippen LogP contribution in [0.1, 0.15) is 34.6 Å². The summed E-state index contributed by atoms with van der Waals surface area (Å²) in [6.07, 6.45) is 0. The minimum absolute atomic E-state index is 0. The Morgan fingerprint density at radius 1 is 0.591 bits per heavy atom. The zero-order chi connectivity index (χ0) is 17.7. The van der Waals surface area contributed by atoms with E-state index in [2.05, 4.69) is 4.74 Å². The third-order valence-electron chi connectivity index (χ3n) is 0.287. The molecule has 0 aromatic carbocycles. The third kappa shape index (κ3) is 620. The minimum Gasteiger partial charge on any atom is -0.855 e. The first-order valence-electron chi connectivity index (χ1n) is 6.46. The van der Waals surface area contributed by atoms with Crippen molar-refractivity contribution < 1.29 is 57.8 Å². The van der Waals surface area contributed by atoms with Gasteiger partial charge in [0.05, 0.1) is 0 Å². The maximum atomic E-state index is 9.40. The molecule has 0 aromatic rings. The van der Waals surface area contributed by atoms with Gasteiger partial charge in [0.1, 0.15) is 0 Å². The van der Waals surface area contributed by atoms with Crippen LogP contribution in [0.2, 0.25) is 0 Å². The Balaban J connectivity index is -0.0000000178. The molecule has 0 aromatic heterocycles. The molecule has 0 atom stereocenters. The molecule has 9 heteroatoms. The summed E-state index contributed by atoms with van der Waals surface area (Å²) in [5.41, 5.74) is 0. The van der Waals surface area contributed by atoms with Crippen LogP contribution in [0.25, 0.3) is 0 Å². The predicted octanol–water partition coefficient (Wildman–Crippen LogP) is -4.56. The Morgan fingerprint density at radius 3 is 0.727 bits per heavy atom. The molecule has 0 spiro atoms. The molecule has 0 aliphatic carbocycles. The van der Waals surface area contributed by atoms with Crippen molar-refractivity contribution in [3.8, 4) is 0 Å². The van der Waals surface area contributed by atoms with E-state index >= 15 is 0 Å². The second-order valence-corrected chi connectivity index (χ2v) is 2.14. The van der Waals surface area contributed by atoms with Gasteiger partial charge >= 0.3 is 67.9 Å². The topological polar surface area (TPSA) is 148 Å².